The summed E-state index contributed by atoms with van der Waals surface area (Å²) in [5.74, 6) is 0.691. The molecule has 0 fully saturated rings. The second kappa shape index (κ2) is 4.97. The van der Waals surface area contributed by atoms with Gasteiger partial charge in [0.05, 0.1) is 6.42 Å². The van der Waals surface area contributed by atoms with Crippen LogP contribution in [0.15, 0.2) is 10.4 Å². The predicted molar refractivity (Wildman–Crippen MR) is 57.3 cm³/mol. The number of thiazole rings is 1. The molecule has 0 aliphatic carbocycles. The van der Waals surface area contributed by atoms with Gasteiger partial charge in [0.1, 0.15) is 10.8 Å². The van der Waals surface area contributed by atoms with Crippen molar-refractivity contribution >= 4 is 17.2 Å². The van der Waals surface area contributed by atoms with Gasteiger partial charge in [-0.15, -0.1) is 11.3 Å². The van der Waals surface area contributed by atoms with Gasteiger partial charge in [0, 0.05) is 17.6 Å². The topological polar surface area (TPSA) is 51.3 Å². The highest BCUT2D eigenvalue weighted by Gasteiger charge is 2.00. The summed E-state index contributed by atoms with van der Waals surface area (Å²) in [6.07, 6.45) is 1.73. The van der Waals surface area contributed by atoms with Crippen molar-refractivity contribution in [2.45, 2.75) is 26.7 Å². The van der Waals surface area contributed by atoms with Crippen LogP contribution < -0.4 is 5.73 Å². The molecule has 0 aliphatic rings. The molecule has 0 atom stereocenters. The molecule has 0 saturated heterocycles. The summed E-state index contributed by atoms with van der Waals surface area (Å²) in [6, 6.07) is 0. The number of amidine groups is 1. The highest BCUT2D eigenvalue weighted by atomic mass is 32.1. The Bertz CT molecular complexity index is 291. The number of nitrogens with zero attached hydrogens (tertiary/aromatic N) is 2. The van der Waals surface area contributed by atoms with E-state index in [0.29, 0.717) is 12.3 Å². The standard InChI is InChI=1S/C9H15N3S/c1-3-4-11-8(10)5-9-12-7(2)6-13-9/h6H,3-5H2,1-2H3,(H2,10,11). The van der Waals surface area contributed by atoms with Gasteiger partial charge in [-0.1, -0.05) is 6.92 Å². The van der Waals surface area contributed by atoms with Crippen LogP contribution in [0, 0.1) is 6.92 Å². The quantitative estimate of drug-likeness (QED) is 0.590. The van der Waals surface area contributed by atoms with Crippen molar-refractivity contribution in [3.05, 3.63) is 16.1 Å². The molecule has 0 unspecified atom stereocenters. The van der Waals surface area contributed by atoms with Crippen LogP contribution in [0.1, 0.15) is 24.0 Å². The zero-order valence-corrected chi connectivity index (χ0v) is 8.90. The molecule has 72 valence electrons. The molecule has 0 aliphatic heterocycles. The Morgan fingerprint density at radius 2 is 2.46 bits per heavy atom. The highest BCUT2D eigenvalue weighted by Crippen LogP contribution is 2.08. The Balaban J connectivity index is 2.49. The Labute approximate surface area is 82.7 Å². The molecule has 0 bridgehead atoms. The molecule has 1 aromatic heterocycles. The Morgan fingerprint density at radius 3 is 3.00 bits per heavy atom. The fourth-order valence-electron chi connectivity index (χ4n) is 0.950. The monoisotopic (exact) mass is 197 g/mol. The summed E-state index contributed by atoms with van der Waals surface area (Å²) in [4.78, 5) is 8.52. The van der Waals surface area contributed by atoms with E-state index in [0.717, 1.165) is 23.7 Å². The van der Waals surface area contributed by atoms with Crippen LogP contribution in [0.25, 0.3) is 0 Å². The minimum atomic E-state index is 0.691. The summed E-state index contributed by atoms with van der Waals surface area (Å²) in [5.41, 5.74) is 6.78. The molecule has 1 aromatic rings. The third kappa shape index (κ3) is 3.55. The lowest BCUT2D eigenvalue weighted by Gasteiger charge is -1.96. The van der Waals surface area contributed by atoms with E-state index in [1.54, 1.807) is 11.3 Å². The minimum Gasteiger partial charge on any atom is -0.387 e. The number of hydrogen-bond donors (Lipinski definition) is 1. The van der Waals surface area contributed by atoms with E-state index in [-0.39, 0.29) is 0 Å². The number of aryl methyl sites for hydroxylation is 1. The van der Waals surface area contributed by atoms with Crippen molar-refractivity contribution in [1.29, 1.82) is 0 Å². The first-order valence-corrected chi connectivity index (χ1v) is 5.30. The molecule has 0 amide bonds. The van der Waals surface area contributed by atoms with E-state index < -0.39 is 0 Å². The SMILES string of the molecule is CCCN=C(N)Cc1nc(C)cs1. The lowest BCUT2D eigenvalue weighted by atomic mass is 10.4. The summed E-state index contributed by atoms with van der Waals surface area (Å²) in [5, 5.41) is 3.08. The molecule has 0 saturated carbocycles. The second-order valence-electron chi connectivity index (χ2n) is 2.93. The van der Waals surface area contributed by atoms with Crippen molar-refractivity contribution in [3.63, 3.8) is 0 Å². The molecule has 0 spiro atoms. The van der Waals surface area contributed by atoms with E-state index in [1.165, 1.54) is 0 Å². The van der Waals surface area contributed by atoms with E-state index in [2.05, 4.69) is 16.9 Å². The average molecular weight is 197 g/mol. The van der Waals surface area contributed by atoms with Crippen LogP contribution in [0.4, 0.5) is 0 Å². The largest absolute Gasteiger partial charge is 0.387 e. The van der Waals surface area contributed by atoms with E-state index in [9.17, 15) is 0 Å². The van der Waals surface area contributed by atoms with Crippen LogP contribution >= 0.6 is 11.3 Å². The van der Waals surface area contributed by atoms with Gasteiger partial charge in [-0.3, -0.25) is 4.99 Å². The zero-order valence-electron chi connectivity index (χ0n) is 8.08. The fourth-order valence-corrected chi connectivity index (χ4v) is 1.74. The lowest BCUT2D eigenvalue weighted by molar-refractivity contribution is 0.923. The first-order valence-electron chi connectivity index (χ1n) is 4.42. The van der Waals surface area contributed by atoms with Gasteiger partial charge in [0.2, 0.25) is 0 Å². The summed E-state index contributed by atoms with van der Waals surface area (Å²) in [6.45, 7) is 4.89. The summed E-state index contributed by atoms with van der Waals surface area (Å²) < 4.78 is 0. The highest BCUT2D eigenvalue weighted by molar-refractivity contribution is 7.09. The van der Waals surface area contributed by atoms with Gasteiger partial charge in [-0.2, -0.15) is 0 Å². The van der Waals surface area contributed by atoms with Crippen LogP contribution in [0.3, 0.4) is 0 Å². The lowest BCUT2D eigenvalue weighted by Crippen LogP contribution is -2.15. The maximum atomic E-state index is 5.72. The second-order valence-corrected chi connectivity index (χ2v) is 3.88. The normalized spacial score (nSPS) is 12.0. The molecular formula is C9H15N3S. The maximum Gasteiger partial charge on any atom is 0.101 e. The predicted octanol–water partition coefficient (Wildman–Crippen LogP) is 1.76. The van der Waals surface area contributed by atoms with Gasteiger partial charge < -0.3 is 5.73 Å². The van der Waals surface area contributed by atoms with Gasteiger partial charge >= 0.3 is 0 Å². The van der Waals surface area contributed by atoms with E-state index in [1.807, 2.05) is 12.3 Å². The number of aromatic nitrogens is 1. The molecule has 0 aromatic carbocycles. The maximum absolute atomic E-state index is 5.72. The molecule has 0 radical (unpaired) electrons. The van der Waals surface area contributed by atoms with Crippen molar-refractivity contribution in [1.82, 2.24) is 4.98 Å². The summed E-state index contributed by atoms with van der Waals surface area (Å²) >= 11 is 1.64. The Morgan fingerprint density at radius 1 is 1.69 bits per heavy atom. The van der Waals surface area contributed by atoms with Crippen LogP contribution in [-0.4, -0.2) is 17.4 Å². The van der Waals surface area contributed by atoms with E-state index >= 15 is 0 Å². The van der Waals surface area contributed by atoms with Gasteiger partial charge in [0.25, 0.3) is 0 Å². The Hall–Kier alpha value is -0.900. The third-order valence-electron chi connectivity index (χ3n) is 1.54. The molecule has 2 N–H and O–H groups in total. The average Bonchev–Trinajstić information content (AvgIpc) is 2.48. The Kier molecular flexibility index (Phi) is 3.89. The fraction of sp³-hybridized carbons (Fsp3) is 0.556. The number of nitrogens with two attached hydrogens (primary N) is 1. The van der Waals surface area contributed by atoms with Gasteiger partial charge in [-0.05, 0) is 13.3 Å². The third-order valence-corrected chi connectivity index (χ3v) is 2.50. The van der Waals surface area contributed by atoms with Crippen LogP contribution in [0.5, 0.6) is 0 Å². The van der Waals surface area contributed by atoms with Crippen molar-refractivity contribution < 1.29 is 0 Å². The minimum absolute atomic E-state index is 0.691. The smallest absolute Gasteiger partial charge is 0.101 e. The molecule has 1 rings (SSSR count). The molecule has 13 heavy (non-hydrogen) atoms. The van der Waals surface area contributed by atoms with Gasteiger partial charge in [0.15, 0.2) is 0 Å². The number of hydrogen-bond acceptors (Lipinski definition) is 3. The number of rotatable bonds is 4. The molecule has 3 nitrogen and oxygen atoms in total. The van der Waals surface area contributed by atoms with Crippen LogP contribution in [-0.2, 0) is 6.42 Å². The first kappa shape index (κ1) is 10.2. The zero-order chi connectivity index (χ0) is 9.68. The first-order chi connectivity index (χ1) is 6.22. The van der Waals surface area contributed by atoms with Crippen molar-refractivity contribution in [2.24, 2.45) is 10.7 Å². The van der Waals surface area contributed by atoms with Gasteiger partial charge in [-0.25, -0.2) is 4.98 Å². The van der Waals surface area contributed by atoms with E-state index in [4.69, 9.17) is 5.73 Å². The number of aliphatic imine (C=N–C) groups is 1. The van der Waals surface area contributed by atoms with Crippen molar-refractivity contribution in [2.75, 3.05) is 6.54 Å². The molecular weight excluding hydrogens is 182 g/mol. The van der Waals surface area contributed by atoms with Crippen LogP contribution in [0.2, 0.25) is 0 Å². The molecule has 4 heteroatoms. The summed E-state index contributed by atoms with van der Waals surface area (Å²) in [7, 11) is 0. The van der Waals surface area contributed by atoms with Crippen molar-refractivity contribution in [3.8, 4) is 0 Å². The molecule has 1 heterocycles.